The average molecular weight is 204 g/mol. The highest BCUT2D eigenvalue weighted by Gasteiger charge is 1.97. The summed E-state index contributed by atoms with van der Waals surface area (Å²) in [7, 11) is 0. The number of rotatable bonds is 4. The van der Waals surface area contributed by atoms with Gasteiger partial charge in [0.25, 0.3) is 0 Å². The van der Waals surface area contributed by atoms with Crippen molar-refractivity contribution >= 4 is 5.78 Å². The lowest BCUT2D eigenvalue weighted by atomic mass is 10.2. The molecule has 0 aliphatic carbocycles. The maximum absolute atomic E-state index is 10.7. The van der Waals surface area contributed by atoms with Crippen molar-refractivity contribution in [2.45, 2.75) is 39.7 Å². The third kappa shape index (κ3) is 4.46. The summed E-state index contributed by atoms with van der Waals surface area (Å²) in [5, 5.41) is 4.17. The highest BCUT2D eigenvalue weighted by molar-refractivity contribution is 5.75. The minimum Gasteiger partial charge on any atom is -0.300 e. The Morgan fingerprint density at radius 1 is 1.60 bits per heavy atom. The van der Waals surface area contributed by atoms with E-state index in [0.29, 0.717) is 6.42 Å². The van der Waals surface area contributed by atoms with E-state index in [1.807, 2.05) is 17.8 Å². The van der Waals surface area contributed by atoms with Gasteiger partial charge in [0, 0.05) is 25.6 Å². The molecule has 0 fully saturated rings. The van der Waals surface area contributed by atoms with Crippen LogP contribution in [0.15, 0.2) is 12.4 Å². The lowest BCUT2D eigenvalue weighted by molar-refractivity contribution is -0.117. The number of hydrogen-bond acceptors (Lipinski definition) is 2. The van der Waals surface area contributed by atoms with Gasteiger partial charge in [-0.05, 0) is 13.3 Å². The number of ketones is 1. The van der Waals surface area contributed by atoms with Crippen LogP contribution in [0, 0.1) is 11.8 Å². The first-order valence-corrected chi connectivity index (χ1v) is 5.23. The number of Topliss-reactive ketones (excluding diaryl/α,β-unsaturated/α-hetero) is 1. The van der Waals surface area contributed by atoms with E-state index < -0.39 is 0 Å². The lowest BCUT2D eigenvalue weighted by Gasteiger charge is -1.97. The standard InChI is InChI=1S/C12H16N2O/c1-3-4-7-12-9-13-14(10-12)8-5-6-11(2)15/h9-10H,3,5-6,8H2,1-2H3. The maximum Gasteiger partial charge on any atom is 0.129 e. The number of carbonyl (C=O) groups is 1. The van der Waals surface area contributed by atoms with Crippen molar-refractivity contribution in [2.75, 3.05) is 0 Å². The molecule has 1 rings (SSSR count). The summed E-state index contributed by atoms with van der Waals surface area (Å²) in [5.41, 5.74) is 0.944. The van der Waals surface area contributed by atoms with Crippen molar-refractivity contribution in [2.24, 2.45) is 0 Å². The SMILES string of the molecule is CCC#Cc1cnn(CCCC(C)=O)c1. The third-order valence-corrected chi connectivity index (χ3v) is 1.96. The topological polar surface area (TPSA) is 34.9 Å². The average Bonchev–Trinajstić information content (AvgIpc) is 2.62. The van der Waals surface area contributed by atoms with Crippen LogP contribution >= 0.6 is 0 Å². The normalized spacial score (nSPS) is 9.47. The number of aromatic nitrogens is 2. The number of hydrogen-bond donors (Lipinski definition) is 0. The van der Waals surface area contributed by atoms with Gasteiger partial charge < -0.3 is 4.79 Å². The van der Waals surface area contributed by atoms with Gasteiger partial charge in [0.1, 0.15) is 5.78 Å². The van der Waals surface area contributed by atoms with Gasteiger partial charge in [-0.1, -0.05) is 18.8 Å². The smallest absolute Gasteiger partial charge is 0.129 e. The molecule has 0 saturated carbocycles. The van der Waals surface area contributed by atoms with Gasteiger partial charge in [-0.25, -0.2) is 0 Å². The monoisotopic (exact) mass is 204 g/mol. The molecule has 1 aromatic rings. The van der Waals surface area contributed by atoms with Gasteiger partial charge in [-0.15, -0.1) is 0 Å². The molecule has 1 heterocycles. The fourth-order valence-electron chi connectivity index (χ4n) is 1.23. The van der Waals surface area contributed by atoms with E-state index in [4.69, 9.17) is 0 Å². The van der Waals surface area contributed by atoms with Crippen molar-refractivity contribution in [3.8, 4) is 11.8 Å². The summed E-state index contributed by atoms with van der Waals surface area (Å²) < 4.78 is 1.84. The summed E-state index contributed by atoms with van der Waals surface area (Å²) in [6, 6.07) is 0. The van der Waals surface area contributed by atoms with Gasteiger partial charge in [0.15, 0.2) is 0 Å². The van der Waals surface area contributed by atoms with Crippen LogP contribution < -0.4 is 0 Å². The predicted octanol–water partition coefficient (Wildman–Crippen LogP) is 2.01. The molecule has 0 aliphatic heterocycles. The van der Waals surface area contributed by atoms with Crippen LogP contribution in [0.25, 0.3) is 0 Å². The first-order chi connectivity index (χ1) is 7.22. The van der Waals surface area contributed by atoms with Gasteiger partial charge >= 0.3 is 0 Å². The summed E-state index contributed by atoms with van der Waals surface area (Å²) in [4.78, 5) is 10.7. The van der Waals surface area contributed by atoms with Crippen LogP contribution in [0.1, 0.15) is 38.7 Å². The lowest BCUT2D eigenvalue weighted by Crippen LogP contribution is -2.00. The van der Waals surface area contributed by atoms with Crippen molar-refractivity contribution in [3.63, 3.8) is 0 Å². The first-order valence-electron chi connectivity index (χ1n) is 5.23. The number of nitrogens with zero attached hydrogens (tertiary/aromatic N) is 2. The van der Waals surface area contributed by atoms with Crippen LogP contribution in [0.4, 0.5) is 0 Å². The molecule has 15 heavy (non-hydrogen) atoms. The van der Waals surface area contributed by atoms with Gasteiger partial charge in [0.2, 0.25) is 0 Å². The van der Waals surface area contributed by atoms with E-state index in [1.54, 1.807) is 13.1 Å². The van der Waals surface area contributed by atoms with Crippen LogP contribution in [-0.4, -0.2) is 15.6 Å². The number of aryl methyl sites for hydroxylation is 1. The Labute approximate surface area is 90.5 Å². The summed E-state index contributed by atoms with van der Waals surface area (Å²) >= 11 is 0. The molecule has 0 aliphatic rings. The fraction of sp³-hybridized carbons (Fsp3) is 0.500. The Balaban J connectivity index is 2.42. The zero-order valence-corrected chi connectivity index (χ0v) is 9.29. The van der Waals surface area contributed by atoms with Crippen LogP contribution in [0.2, 0.25) is 0 Å². The molecular weight excluding hydrogens is 188 g/mol. The highest BCUT2D eigenvalue weighted by Crippen LogP contribution is 1.99. The summed E-state index contributed by atoms with van der Waals surface area (Å²) in [6.45, 7) is 4.42. The molecule has 0 radical (unpaired) electrons. The minimum absolute atomic E-state index is 0.230. The zero-order chi connectivity index (χ0) is 11.1. The third-order valence-electron chi connectivity index (χ3n) is 1.96. The molecular formula is C12H16N2O. The molecule has 3 heteroatoms. The molecule has 0 saturated heterocycles. The van der Waals surface area contributed by atoms with E-state index in [2.05, 4.69) is 16.9 Å². The van der Waals surface area contributed by atoms with E-state index in [1.165, 1.54) is 0 Å². The molecule has 0 aromatic carbocycles. The van der Waals surface area contributed by atoms with Gasteiger partial charge in [-0.2, -0.15) is 5.10 Å². The fourth-order valence-corrected chi connectivity index (χ4v) is 1.23. The largest absolute Gasteiger partial charge is 0.300 e. The van der Waals surface area contributed by atoms with Gasteiger partial charge in [-0.3, -0.25) is 4.68 Å². The molecule has 0 N–H and O–H groups in total. The van der Waals surface area contributed by atoms with Crippen molar-refractivity contribution < 1.29 is 4.79 Å². The molecule has 0 atom stereocenters. The molecule has 0 unspecified atom stereocenters. The molecule has 0 amide bonds. The first kappa shape index (κ1) is 11.5. The van der Waals surface area contributed by atoms with E-state index in [9.17, 15) is 4.79 Å². The predicted molar refractivity (Wildman–Crippen MR) is 59.3 cm³/mol. The Hall–Kier alpha value is -1.56. The second kappa shape index (κ2) is 6.02. The molecule has 0 bridgehead atoms. The van der Waals surface area contributed by atoms with Gasteiger partial charge in [0.05, 0.1) is 11.8 Å². The van der Waals surface area contributed by atoms with E-state index >= 15 is 0 Å². The van der Waals surface area contributed by atoms with Crippen molar-refractivity contribution in [1.29, 1.82) is 0 Å². The summed E-state index contributed by atoms with van der Waals surface area (Å²) in [5.74, 6) is 6.24. The molecule has 0 spiro atoms. The summed E-state index contributed by atoms with van der Waals surface area (Å²) in [6.07, 6.45) is 6.00. The maximum atomic E-state index is 10.7. The Morgan fingerprint density at radius 3 is 3.07 bits per heavy atom. The van der Waals surface area contributed by atoms with Crippen LogP contribution in [-0.2, 0) is 11.3 Å². The molecule has 80 valence electrons. The zero-order valence-electron chi connectivity index (χ0n) is 9.29. The quantitative estimate of drug-likeness (QED) is 0.703. The Bertz CT molecular complexity index is 382. The Kier molecular flexibility index (Phi) is 4.62. The van der Waals surface area contributed by atoms with Crippen molar-refractivity contribution in [1.82, 2.24) is 9.78 Å². The van der Waals surface area contributed by atoms with E-state index in [-0.39, 0.29) is 5.78 Å². The minimum atomic E-state index is 0.230. The second-order valence-corrected chi connectivity index (χ2v) is 3.45. The van der Waals surface area contributed by atoms with Crippen molar-refractivity contribution in [3.05, 3.63) is 18.0 Å². The second-order valence-electron chi connectivity index (χ2n) is 3.45. The number of carbonyl (C=O) groups excluding carboxylic acids is 1. The van der Waals surface area contributed by atoms with Crippen LogP contribution in [0.5, 0.6) is 0 Å². The molecule has 3 nitrogen and oxygen atoms in total. The molecule has 1 aromatic heterocycles. The van der Waals surface area contributed by atoms with Crippen LogP contribution in [0.3, 0.4) is 0 Å². The van der Waals surface area contributed by atoms with E-state index in [0.717, 1.165) is 24.9 Å². The highest BCUT2D eigenvalue weighted by atomic mass is 16.1. The Morgan fingerprint density at radius 2 is 2.40 bits per heavy atom.